The molecule has 0 aliphatic heterocycles. The fourth-order valence-electron chi connectivity index (χ4n) is 0.204. The third kappa shape index (κ3) is 8.82. The normalized spacial score (nSPS) is 7.00. The van der Waals surface area contributed by atoms with Crippen molar-refractivity contribution >= 4 is 0 Å². The molecule has 0 saturated heterocycles. The Morgan fingerprint density at radius 3 is 2.00 bits per heavy atom. The van der Waals surface area contributed by atoms with E-state index in [1.165, 1.54) is 12.8 Å². The van der Waals surface area contributed by atoms with Crippen LogP contribution >= 0.6 is 0 Å². The average Bonchev–Trinajstić information content (AvgIpc) is 1.41. The summed E-state index contributed by atoms with van der Waals surface area (Å²) in [5, 5.41) is 0. The van der Waals surface area contributed by atoms with Crippen LogP contribution in [-0.4, -0.2) is 6.54 Å². The quantitative estimate of drug-likeness (QED) is 0.614. The van der Waals surface area contributed by atoms with Gasteiger partial charge < -0.3 is 5.73 Å². The summed E-state index contributed by atoms with van der Waals surface area (Å²) in [4.78, 5) is 0. The van der Waals surface area contributed by atoms with Crippen molar-refractivity contribution in [2.45, 2.75) is 19.8 Å². The molecule has 0 heterocycles. The van der Waals surface area contributed by atoms with Gasteiger partial charge in [0.05, 0.1) is 0 Å². The van der Waals surface area contributed by atoms with E-state index in [-0.39, 0.29) is 19.5 Å². The van der Waals surface area contributed by atoms with Crippen LogP contribution in [0.15, 0.2) is 0 Å². The van der Waals surface area contributed by atoms with E-state index in [1.54, 1.807) is 0 Å². The monoisotopic (exact) mass is 175 g/mol. The molecule has 0 saturated carbocycles. The fourth-order valence-corrected chi connectivity index (χ4v) is 0.204. The van der Waals surface area contributed by atoms with Crippen molar-refractivity contribution in [1.82, 2.24) is 0 Å². The van der Waals surface area contributed by atoms with Crippen molar-refractivity contribution in [1.29, 1.82) is 0 Å². The van der Waals surface area contributed by atoms with Gasteiger partial charge in [0.15, 0.2) is 0 Å². The van der Waals surface area contributed by atoms with Gasteiger partial charge in [-0.2, -0.15) is 0 Å². The van der Waals surface area contributed by atoms with E-state index in [1.807, 2.05) is 0 Å². The number of nitrogens with two attached hydrogens (primary N) is 1. The summed E-state index contributed by atoms with van der Waals surface area (Å²) in [5.41, 5.74) is 5.14. The molecule has 40 valence electrons. The second-order valence-corrected chi connectivity index (χ2v) is 1.14. The Hall–Kier alpha value is 0.583. The summed E-state index contributed by atoms with van der Waals surface area (Å²) in [7, 11) is 0. The summed E-state index contributed by atoms with van der Waals surface area (Å²) in [5.74, 6) is 0. The van der Waals surface area contributed by atoms with E-state index in [2.05, 4.69) is 6.92 Å². The zero-order valence-electron chi connectivity index (χ0n) is 4.05. The summed E-state index contributed by atoms with van der Waals surface area (Å²) < 4.78 is 0. The summed E-state index contributed by atoms with van der Waals surface area (Å²) in [6.45, 7) is 2.98. The van der Waals surface area contributed by atoms with Gasteiger partial charge in [-0.05, 0) is 13.0 Å². The molecule has 0 unspecified atom stereocenters. The van der Waals surface area contributed by atoms with Gasteiger partial charge >= 0.3 is 0 Å². The number of hydrogen-bond donors (Lipinski definition) is 1. The van der Waals surface area contributed by atoms with Gasteiger partial charge in [-0.1, -0.05) is 13.3 Å². The molecule has 0 fully saturated rings. The van der Waals surface area contributed by atoms with Crippen molar-refractivity contribution in [2.75, 3.05) is 6.54 Å². The maximum absolute atomic E-state index is 5.14. The molecule has 0 bridgehead atoms. The van der Waals surface area contributed by atoms with Crippen LogP contribution < -0.4 is 5.73 Å². The molecule has 1 nitrogen and oxygen atoms in total. The van der Waals surface area contributed by atoms with E-state index < -0.39 is 0 Å². The van der Waals surface area contributed by atoms with Crippen molar-refractivity contribution in [2.24, 2.45) is 5.73 Å². The van der Waals surface area contributed by atoms with Crippen LogP contribution in [0.4, 0.5) is 0 Å². The van der Waals surface area contributed by atoms with Crippen LogP contribution in [0.1, 0.15) is 19.8 Å². The fraction of sp³-hybridized carbons (Fsp3) is 1.00. The van der Waals surface area contributed by atoms with Gasteiger partial charge in [0.25, 0.3) is 0 Å². The van der Waals surface area contributed by atoms with Crippen LogP contribution in [0.3, 0.4) is 0 Å². The molecule has 2 heteroatoms. The maximum Gasteiger partial charge on any atom is 0 e. The van der Waals surface area contributed by atoms with Crippen molar-refractivity contribution < 1.29 is 19.5 Å². The summed E-state index contributed by atoms with van der Waals surface area (Å²) in [6, 6.07) is 0. The molecule has 0 aromatic heterocycles. The molecular weight excluding hydrogens is 163 g/mol. The predicted octanol–water partition coefficient (Wildman–Crippen LogP) is 0.743. The van der Waals surface area contributed by atoms with Gasteiger partial charge in [0.1, 0.15) is 0 Å². The Balaban J connectivity index is 0. The van der Waals surface area contributed by atoms with Crippen LogP contribution in [0.2, 0.25) is 0 Å². The zero-order valence-corrected chi connectivity index (χ0v) is 5.79. The van der Waals surface area contributed by atoms with Gasteiger partial charge in [-0.25, -0.2) is 0 Å². The Morgan fingerprint density at radius 2 is 2.00 bits per heavy atom. The van der Waals surface area contributed by atoms with E-state index in [9.17, 15) is 0 Å². The number of hydrogen-bond acceptors (Lipinski definition) is 1. The zero-order chi connectivity index (χ0) is 4.12. The molecule has 0 aliphatic rings. The largest absolute Gasteiger partial charge is 0.330 e. The summed E-state index contributed by atoms with van der Waals surface area (Å²) in [6.07, 6.45) is 2.39. The van der Waals surface area contributed by atoms with Crippen molar-refractivity contribution in [3.8, 4) is 0 Å². The minimum Gasteiger partial charge on any atom is -0.330 e. The van der Waals surface area contributed by atoms with Crippen molar-refractivity contribution in [3.05, 3.63) is 0 Å². The SMILES string of the molecule is CCCCN.[Ru]. The molecule has 0 aromatic carbocycles. The topological polar surface area (TPSA) is 26.0 Å². The minimum absolute atomic E-state index is 0. The van der Waals surface area contributed by atoms with E-state index in [0.717, 1.165) is 6.54 Å². The number of rotatable bonds is 2. The van der Waals surface area contributed by atoms with Crippen LogP contribution in [-0.2, 0) is 19.5 Å². The first-order valence-electron chi connectivity index (χ1n) is 2.12. The van der Waals surface area contributed by atoms with E-state index in [4.69, 9.17) is 5.73 Å². The third-order valence-corrected chi connectivity index (χ3v) is 0.558. The molecule has 6 heavy (non-hydrogen) atoms. The first kappa shape index (κ1) is 9.77. The molecule has 2 N–H and O–H groups in total. The first-order chi connectivity index (χ1) is 2.41. The molecular formula is C4H11NRu. The minimum atomic E-state index is 0. The molecule has 0 rings (SSSR count). The molecule has 0 aliphatic carbocycles. The maximum atomic E-state index is 5.14. The van der Waals surface area contributed by atoms with E-state index in [0.29, 0.717) is 0 Å². The molecule has 0 atom stereocenters. The third-order valence-electron chi connectivity index (χ3n) is 0.558. The van der Waals surface area contributed by atoms with Gasteiger partial charge in [0.2, 0.25) is 0 Å². The second kappa shape index (κ2) is 9.13. The van der Waals surface area contributed by atoms with Crippen LogP contribution in [0.25, 0.3) is 0 Å². The average molecular weight is 174 g/mol. The Kier molecular flexibility index (Phi) is 14.9. The molecule has 0 amide bonds. The standard InChI is InChI=1S/C4H11N.Ru/c1-2-3-4-5;/h2-5H2,1H3;. The smallest absolute Gasteiger partial charge is 0 e. The first-order valence-corrected chi connectivity index (χ1v) is 2.12. The summed E-state index contributed by atoms with van der Waals surface area (Å²) >= 11 is 0. The van der Waals surface area contributed by atoms with Gasteiger partial charge in [-0.3, -0.25) is 0 Å². The Bertz CT molecular complexity index is 15.0. The number of unbranched alkanes of at least 4 members (excludes halogenated alkanes) is 1. The second-order valence-electron chi connectivity index (χ2n) is 1.14. The van der Waals surface area contributed by atoms with Crippen LogP contribution in [0.5, 0.6) is 0 Å². The molecule has 0 spiro atoms. The Morgan fingerprint density at radius 1 is 1.50 bits per heavy atom. The van der Waals surface area contributed by atoms with E-state index >= 15 is 0 Å². The van der Waals surface area contributed by atoms with Gasteiger partial charge in [-0.15, -0.1) is 0 Å². The van der Waals surface area contributed by atoms with Crippen LogP contribution in [0, 0.1) is 0 Å². The molecule has 0 aromatic rings. The predicted molar refractivity (Wildman–Crippen MR) is 24.0 cm³/mol. The van der Waals surface area contributed by atoms with Gasteiger partial charge in [0, 0.05) is 19.5 Å². The Labute approximate surface area is 52.1 Å². The van der Waals surface area contributed by atoms with Crippen molar-refractivity contribution in [3.63, 3.8) is 0 Å². The molecule has 0 radical (unpaired) electrons.